The number of hydrogen-bond donors (Lipinski definition) is 2. The minimum Gasteiger partial charge on any atom is -0.481 e. The Morgan fingerprint density at radius 1 is 1.60 bits per heavy atom. The molecule has 1 aliphatic rings. The summed E-state index contributed by atoms with van der Waals surface area (Å²) < 4.78 is 0. The molecule has 2 rings (SSSR count). The van der Waals surface area contributed by atoms with Crippen molar-refractivity contribution >= 4 is 11.9 Å². The highest BCUT2D eigenvalue weighted by atomic mass is 16.4. The van der Waals surface area contributed by atoms with Gasteiger partial charge in [0.15, 0.2) is 0 Å². The summed E-state index contributed by atoms with van der Waals surface area (Å²) in [6, 6.07) is 1.65. The van der Waals surface area contributed by atoms with E-state index in [9.17, 15) is 9.59 Å². The second kappa shape index (κ2) is 3.38. The van der Waals surface area contributed by atoms with Crippen LogP contribution in [0.2, 0.25) is 0 Å². The Morgan fingerprint density at radius 3 is 2.73 bits per heavy atom. The van der Waals surface area contributed by atoms with Gasteiger partial charge in [-0.2, -0.15) is 5.10 Å². The maximum Gasteiger partial charge on any atom is 0.310 e. The second-order valence-corrected chi connectivity index (χ2v) is 3.68. The van der Waals surface area contributed by atoms with E-state index in [1.54, 1.807) is 13.0 Å². The lowest BCUT2D eigenvalue weighted by Gasteiger charge is -2.35. The van der Waals surface area contributed by atoms with Gasteiger partial charge in [0.25, 0.3) is 5.91 Å². The Balaban J connectivity index is 1.97. The summed E-state index contributed by atoms with van der Waals surface area (Å²) in [7, 11) is 0. The molecular weight excluding hydrogens is 198 g/mol. The molecule has 1 aromatic rings. The van der Waals surface area contributed by atoms with E-state index in [0.29, 0.717) is 5.69 Å². The number of aliphatic carboxylic acids is 1. The standard InChI is InChI=1S/C9H11N3O3/c1-5-2-7(11-10-5)8(13)12-3-6(4-12)9(14)15/h2,6H,3-4H2,1H3,(H,10,11)(H,14,15). The van der Waals surface area contributed by atoms with E-state index in [1.807, 2.05) is 0 Å². The number of aryl methyl sites for hydroxylation is 1. The highest BCUT2D eigenvalue weighted by Gasteiger charge is 2.36. The van der Waals surface area contributed by atoms with Crippen LogP contribution in [0.25, 0.3) is 0 Å². The van der Waals surface area contributed by atoms with Crippen molar-refractivity contribution in [3.8, 4) is 0 Å². The van der Waals surface area contributed by atoms with Gasteiger partial charge >= 0.3 is 5.97 Å². The van der Waals surface area contributed by atoms with Crippen molar-refractivity contribution in [1.82, 2.24) is 15.1 Å². The van der Waals surface area contributed by atoms with Gasteiger partial charge in [0.2, 0.25) is 0 Å². The third-order valence-electron chi connectivity index (χ3n) is 2.44. The van der Waals surface area contributed by atoms with Crippen molar-refractivity contribution < 1.29 is 14.7 Å². The molecule has 0 unspecified atom stereocenters. The van der Waals surface area contributed by atoms with Crippen molar-refractivity contribution in [2.75, 3.05) is 13.1 Å². The first kappa shape index (κ1) is 9.70. The Labute approximate surface area is 85.9 Å². The molecule has 0 saturated carbocycles. The molecule has 1 saturated heterocycles. The smallest absolute Gasteiger partial charge is 0.310 e. The summed E-state index contributed by atoms with van der Waals surface area (Å²) in [5.74, 6) is -1.48. The van der Waals surface area contributed by atoms with Gasteiger partial charge in [-0.15, -0.1) is 0 Å². The van der Waals surface area contributed by atoms with E-state index in [4.69, 9.17) is 5.11 Å². The number of carbonyl (C=O) groups excluding carboxylic acids is 1. The SMILES string of the molecule is Cc1cc(C(=O)N2CC(C(=O)O)C2)n[nH]1. The van der Waals surface area contributed by atoms with Crippen molar-refractivity contribution in [2.45, 2.75) is 6.92 Å². The number of carboxylic acid groups (broad SMARTS) is 1. The van der Waals surface area contributed by atoms with Crippen molar-refractivity contribution in [1.29, 1.82) is 0 Å². The quantitative estimate of drug-likeness (QED) is 0.710. The van der Waals surface area contributed by atoms with Gasteiger partial charge in [0.1, 0.15) is 5.69 Å². The molecule has 0 aliphatic carbocycles. The van der Waals surface area contributed by atoms with Gasteiger partial charge in [-0.3, -0.25) is 14.7 Å². The van der Waals surface area contributed by atoms with Crippen LogP contribution in [-0.2, 0) is 4.79 Å². The van der Waals surface area contributed by atoms with Gasteiger partial charge in [-0.25, -0.2) is 0 Å². The minimum absolute atomic E-state index is 0.211. The lowest BCUT2D eigenvalue weighted by Crippen LogP contribution is -2.53. The molecule has 1 fully saturated rings. The number of amides is 1. The van der Waals surface area contributed by atoms with Crippen molar-refractivity contribution in [3.05, 3.63) is 17.5 Å². The predicted molar refractivity (Wildman–Crippen MR) is 50.4 cm³/mol. The number of likely N-dealkylation sites (tertiary alicyclic amines) is 1. The largest absolute Gasteiger partial charge is 0.481 e. The lowest BCUT2D eigenvalue weighted by molar-refractivity contribution is -0.146. The number of H-pyrrole nitrogens is 1. The zero-order valence-electron chi connectivity index (χ0n) is 8.23. The van der Waals surface area contributed by atoms with Gasteiger partial charge in [-0.1, -0.05) is 0 Å². The van der Waals surface area contributed by atoms with Crippen LogP contribution in [0.3, 0.4) is 0 Å². The first-order valence-corrected chi connectivity index (χ1v) is 4.62. The third kappa shape index (κ3) is 1.70. The number of rotatable bonds is 2. The van der Waals surface area contributed by atoms with Crippen LogP contribution in [0.5, 0.6) is 0 Å². The fourth-order valence-corrected chi connectivity index (χ4v) is 1.49. The first-order chi connectivity index (χ1) is 7.08. The van der Waals surface area contributed by atoms with Crippen molar-refractivity contribution in [3.63, 3.8) is 0 Å². The molecule has 1 aliphatic heterocycles. The van der Waals surface area contributed by atoms with Gasteiger partial charge in [0.05, 0.1) is 5.92 Å². The molecule has 0 radical (unpaired) electrons. The maximum absolute atomic E-state index is 11.7. The maximum atomic E-state index is 11.7. The summed E-state index contributed by atoms with van der Waals surface area (Å²) in [6.07, 6.45) is 0. The number of aromatic amines is 1. The Kier molecular flexibility index (Phi) is 2.18. The van der Waals surface area contributed by atoms with Crippen LogP contribution in [0.15, 0.2) is 6.07 Å². The molecule has 2 N–H and O–H groups in total. The number of carboxylic acids is 1. The molecule has 15 heavy (non-hydrogen) atoms. The van der Waals surface area contributed by atoms with Crippen molar-refractivity contribution in [2.24, 2.45) is 5.92 Å². The summed E-state index contributed by atoms with van der Waals surface area (Å²) >= 11 is 0. The second-order valence-electron chi connectivity index (χ2n) is 3.68. The summed E-state index contributed by atoms with van der Waals surface area (Å²) in [4.78, 5) is 23.7. The molecule has 6 heteroatoms. The predicted octanol–water partition coefficient (Wildman–Crippen LogP) is -0.125. The summed E-state index contributed by atoms with van der Waals surface area (Å²) in [5.41, 5.74) is 1.16. The highest BCUT2D eigenvalue weighted by Crippen LogP contribution is 2.18. The zero-order valence-corrected chi connectivity index (χ0v) is 8.23. The summed E-state index contributed by atoms with van der Waals surface area (Å²) in [6.45, 7) is 2.36. The van der Waals surface area contributed by atoms with E-state index in [1.165, 1.54) is 4.90 Å². The van der Waals surface area contributed by atoms with E-state index < -0.39 is 11.9 Å². The van der Waals surface area contributed by atoms with E-state index >= 15 is 0 Å². The normalized spacial score (nSPS) is 16.2. The number of carbonyl (C=O) groups is 2. The summed E-state index contributed by atoms with van der Waals surface area (Å²) in [5, 5.41) is 15.1. The van der Waals surface area contributed by atoms with E-state index in [2.05, 4.69) is 10.2 Å². The molecule has 80 valence electrons. The number of aromatic nitrogens is 2. The van der Waals surface area contributed by atoms with Crippen LogP contribution in [-0.4, -0.2) is 45.2 Å². The number of nitrogens with one attached hydrogen (secondary N) is 1. The molecular formula is C9H11N3O3. The van der Waals surface area contributed by atoms with Crippen LogP contribution in [0.4, 0.5) is 0 Å². The third-order valence-corrected chi connectivity index (χ3v) is 2.44. The van der Waals surface area contributed by atoms with Crippen LogP contribution in [0, 0.1) is 12.8 Å². The average molecular weight is 209 g/mol. The topological polar surface area (TPSA) is 86.3 Å². The minimum atomic E-state index is -0.850. The molecule has 0 spiro atoms. The Morgan fingerprint density at radius 2 is 2.27 bits per heavy atom. The van der Waals surface area contributed by atoms with Crippen LogP contribution in [0.1, 0.15) is 16.2 Å². The van der Waals surface area contributed by atoms with Gasteiger partial charge < -0.3 is 10.0 Å². The fraction of sp³-hybridized carbons (Fsp3) is 0.444. The van der Waals surface area contributed by atoms with E-state index in [-0.39, 0.29) is 19.0 Å². The van der Waals surface area contributed by atoms with Crippen LogP contribution < -0.4 is 0 Å². The van der Waals surface area contributed by atoms with Crippen LogP contribution >= 0.6 is 0 Å². The van der Waals surface area contributed by atoms with E-state index in [0.717, 1.165) is 5.69 Å². The molecule has 0 aromatic carbocycles. The monoisotopic (exact) mass is 209 g/mol. The lowest BCUT2D eigenvalue weighted by atomic mass is 10.0. The number of nitrogens with zero attached hydrogens (tertiary/aromatic N) is 2. The zero-order chi connectivity index (χ0) is 11.0. The molecule has 1 aromatic heterocycles. The van der Waals surface area contributed by atoms with Gasteiger partial charge in [-0.05, 0) is 13.0 Å². The average Bonchev–Trinajstić information content (AvgIpc) is 2.48. The van der Waals surface area contributed by atoms with Gasteiger partial charge in [0, 0.05) is 18.8 Å². The molecule has 0 bridgehead atoms. The first-order valence-electron chi connectivity index (χ1n) is 4.62. The molecule has 6 nitrogen and oxygen atoms in total. The fourth-order valence-electron chi connectivity index (χ4n) is 1.49. The molecule has 0 atom stereocenters. The Hall–Kier alpha value is -1.85. The Bertz CT molecular complexity index is 406. The highest BCUT2D eigenvalue weighted by molar-refractivity contribution is 5.93. The molecule has 2 heterocycles. The molecule has 1 amide bonds. The number of hydrogen-bond acceptors (Lipinski definition) is 3.